The molecular formula is C9H13BrN4. The molecule has 76 valence electrons. The summed E-state index contributed by atoms with van der Waals surface area (Å²) in [7, 11) is 5.65. The Morgan fingerprint density at radius 2 is 2.14 bits per heavy atom. The van der Waals surface area contributed by atoms with Crippen LogP contribution >= 0.6 is 15.9 Å². The molecule has 0 aliphatic heterocycles. The number of nitrogens with zero attached hydrogens (tertiary/aromatic N) is 4. The number of aromatic nitrogens is 2. The molecule has 0 spiro atoms. The van der Waals surface area contributed by atoms with Crippen molar-refractivity contribution in [2.24, 2.45) is 7.05 Å². The summed E-state index contributed by atoms with van der Waals surface area (Å²) in [4.78, 5) is 6.19. The summed E-state index contributed by atoms with van der Waals surface area (Å²) in [6, 6.07) is 1.92. The zero-order valence-corrected chi connectivity index (χ0v) is 10.3. The maximum absolute atomic E-state index is 9.01. The zero-order chi connectivity index (χ0) is 10.9. The second kappa shape index (κ2) is 4.11. The lowest BCUT2D eigenvalue weighted by Crippen LogP contribution is -2.19. The van der Waals surface area contributed by atoms with Gasteiger partial charge in [-0.2, -0.15) is 5.26 Å². The van der Waals surface area contributed by atoms with Crippen LogP contribution in [0.5, 0.6) is 0 Å². The Balaban J connectivity index is 3.19. The van der Waals surface area contributed by atoms with E-state index in [2.05, 4.69) is 27.0 Å². The largest absolute Gasteiger partial charge is 0.326 e. The Morgan fingerprint density at radius 3 is 2.43 bits per heavy atom. The van der Waals surface area contributed by atoms with Crippen LogP contribution in [0, 0.1) is 18.3 Å². The van der Waals surface area contributed by atoms with Crippen molar-refractivity contribution in [3.63, 3.8) is 0 Å². The standard InChI is InChI=1S/C9H13BrN4/c1-6-12-8(9(10)14(6)4)7(5-11)13(2)3/h7H,1-4H3. The topological polar surface area (TPSA) is 44.9 Å². The summed E-state index contributed by atoms with van der Waals surface area (Å²) in [6.45, 7) is 1.92. The number of rotatable bonds is 2. The first-order chi connectivity index (χ1) is 6.49. The summed E-state index contributed by atoms with van der Waals surface area (Å²) in [6.07, 6.45) is 0. The van der Waals surface area contributed by atoms with Crippen molar-refractivity contribution in [1.29, 1.82) is 5.26 Å². The Labute approximate surface area is 92.3 Å². The quantitative estimate of drug-likeness (QED) is 0.808. The molecule has 0 saturated carbocycles. The van der Waals surface area contributed by atoms with E-state index in [0.29, 0.717) is 0 Å². The summed E-state index contributed by atoms with van der Waals surface area (Å²) in [5, 5.41) is 9.01. The lowest BCUT2D eigenvalue weighted by atomic mass is 10.2. The fraction of sp³-hybridized carbons (Fsp3) is 0.556. The highest BCUT2D eigenvalue weighted by Gasteiger charge is 2.21. The van der Waals surface area contributed by atoms with Gasteiger partial charge in [0.15, 0.2) is 0 Å². The second-order valence-corrected chi connectivity index (χ2v) is 4.14. The predicted octanol–water partition coefficient (Wildman–Crippen LogP) is 1.62. The average Bonchev–Trinajstić information content (AvgIpc) is 2.35. The first kappa shape index (κ1) is 11.2. The third-order valence-corrected chi connectivity index (χ3v) is 3.11. The minimum absolute atomic E-state index is 0.302. The van der Waals surface area contributed by atoms with E-state index >= 15 is 0 Å². The number of aryl methyl sites for hydroxylation is 1. The molecule has 0 aromatic carbocycles. The molecule has 0 radical (unpaired) electrons. The van der Waals surface area contributed by atoms with Crippen LogP contribution in [0.2, 0.25) is 0 Å². The second-order valence-electron chi connectivity index (χ2n) is 3.39. The smallest absolute Gasteiger partial charge is 0.143 e. The number of hydrogen-bond donors (Lipinski definition) is 0. The van der Waals surface area contributed by atoms with E-state index in [1.165, 1.54) is 0 Å². The van der Waals surface area contributed by atoms with E-state index in [0.717, 1.165) is 16.1 Å². The fourth-order valence-corrected chi connectivity index (χ4v) is 1.77. The fourth-order valence-electron chi connectivity index (χ4n) is 1.20. The number of hydrogen-bond acceptors (Lipinski definition) is 3. The summed E-state index contributed by atoms with van der Waals surface area (Å²) >= 11 is 3.43. The van der Waals surface area contributed by atoms with Crippen LogP contribution in [-0.2, 0) is 7.05 Å². The van der Waals surface area contributed by atoms with Gasteiger partial charge >= 0.3 is 0 Å². The van der Waals surface area contributed by atoms with Gasteiger partial charge < -0.3 is 4.57 Å². The molecule has 1 rings (SSSR count). The first-order valence-corrected chi connectivity index (χ1v) is 5.03. The van der Waals surface area contributed by atoms with Gasteiger partial charge in [0.1, 0.15) is 22.2 Å². The third-order valence-electron chi connectivity index (χ3n) is 2.17. The van der Waals surface area contributed by atoms with Crippen molar-refractivity contribution in [2.75, 3.05) is 14.1 Å². The van der Waals surface area contributed by atoms with Crippen LogP contribution < -0.4 is 0 Å². The van der Waals surface area contributed by atoms with Gasteiger partial charge in [0, 0.05) is 7.05 Å². The van der Waals surface area contributed by atoms with Crippen molar-refractivity contribution in [1.82, 2.24) is 14.5 Å². The van der Waals surface area contributed by atoms with Gasteiger partial charge in [-0.1, -0.05) is 0 Å². The van der Waals surface area contributed by atoms with E-state index in [-0.39, 0.29) is 6.04 Å². The highest BCUT2D eigenvalue weighted by Crippen LogP contribution is 2.25. The van der Waals surface area contributed by atoms with E-state index < -0.39 is 0 Å². The van der Waals surface area contributed by atoms with Gasteiger partial charge in [0.05, 0.1) is 6.07 Å². The van der Waals surface area contributed by atoms with Crippen LogP contribution in [0.4, 0.5) is 0 Å². The van der Waals surface area contributed by atoms with Crippen LogP contribution in [0.1, 0.15) is 17.6 Å². The molecule has 1 unspecified atom stereocenters. The molecule has 0 N–H and O–H groups in total. The lowest BCUT2D eigenvalue weighted by Gasteiger charge is -2.15. The monoisotopic (exact) mass is 256 g/mol. The molecule has 0 amide bonds. The SMILES string of the molecule is Cc1nc(C(C#N)N(C)C)c(Br)n1C. The Hall–Kier alpha value is -0.860. The molecule has 0 aliphatic carbocycles. The van der Waals surface area contributed by atoms with E-state index in [9.17, 15) is 0 Å². The van der Waals surface area contributed by atoms with Gasteiger partial charge in [-0.25, -0.2) is 4.98 Å². The highest BCUT2D eigenvalue weighted by molar-refractivity contribution is 9.10. The molecule has 14 heavy (non-hydrogen) atoms. The van der Waals surface area contributed by atoms with Crippen molar-refractivity contribution < 1.29 is 0 Å². The average molecular weight is 257 g/mol. The van der Waals surface area contributed by atoms with Gasteiger partial charge in [0.2, 0.25) is 0 Å². The molecule has 0 saturated heterocycles. The Morgan fingerprint density at radius 1 is 1.57 bits per heavy atom. The van der Waals surface area contributed by atoms with E-state index in [1.807, 2.05) is 37.5 Å². The maximum Gasteiger partial charge on any atom is 0.143 e. The van der Waals surface area contributed by atoms with Gasteiger partial charge in [0.25, 0.3) is 0 Å². The third kappa shape index (κ3) is 1.81. The molecule has 1 heterocycles. The number of halogens is 1. The molecule has 1 atom stereocenters. The molecule has 1 aromatic rings. The first-order valence-electron chi connectivity index (χ1n) is 4.23. The molecule has 0 fully saturated rings. The van der Waals surface area contributed by atoms with Gasteiger partial charge in [-0.05, 0) is 36.9 Å². The predicted molar refractivity (Wildman–Crippen MR) is 57.7 cm³/mol. The molecule has 5 heteroatoms. The maximum atomic E-state index is 9.01. The summed E-state index contributed by atoms with van der Waals surface area (Å²) in [5.74, 6) is 0.897. The highest BCUT2D eigenvalue weighted by atomic mass is 79.9. The van der Waals surface area contributed by atoms with Crippen molar-refractivity contribution in [3.8, 4) is 6.07 Å². The van der Waals surface area contributed by atoms with E-state index in [4.69, 9.17) is 5.26 Å². The lowest BCUT2D eigenvalue weighted by molar-refractivity contribution is 0.352. The van der Waals surface area contributed by atoms with Crippen molar-refractivity contribution in [2.45, 2.75) is 13.0 Å². The Kier molecular flexibility index (Phi) is 3.29. The minimum Gasteiger partial charge on any atom is -0.326 e. The van der Waals surface area contributed by atoms with Crippen LogP contribution in [0.15, 0.2) is 4.60 Å². The summed E-state index contributed by atoms with van der Waals surface area (Å²) < 4.78 is 2.79. The van der Waals surface area contributed by atoms with Crippen LogP contribution in [0.25, 0.3) is 0 Å². The minimum atomic E-state index is -0.302. The zero-order valence-electron chi connectivity index (χ0n) is 8.74. The molecular weight excluding hydrogens is 244 g/mol. The van der Waals surface area contributed by atoms with Crippen LogP contribution in [-0.4, -0.2) is 28.5 Å². The number of imidazole rings is 1. The van der Waals surface area contributed by atoms with Gasteiger partial charge in [-0.15, -0.1) is 0 Å². The molecule has 0 bridgehead atoms. The normalized spacial score (nSPS) is 12.9. The number of nitriles is 1. The molecule has 0 aliphatic rings. The van der Waals surface area contributed by atoms with Crippen molar-refractivity contribution >= 4 is 15.9 Å². The molecule has 4 nitrogen and oxygen atoms in total. The molecule has 1 aromatic heterocycles. The Bertz CT molecular complexity index is 375. The van der Waals surface area contributed by atoms with Crippen molar-refractivity contribution in [3.05, 3.63) is 16.1 Å². The van der Waals surface area contributed by atoms with Crippen LogP contribution in [0.3, 0.4) is 0 Å². The summed E-state index contributed by atoms with van der Waals surface area (Å²) in [5.41, 5.74) is 0.775. The van der Waals surface area contributed by atoms with Gasteiger partial charge in [-0.3, -0.25) is 4.90 Å². The van der Waals surface area contributed by atoms with E-state index in [1.54, 1.807) is 0 Å².